The molecule has 1 rings (SSSR count). The first kappa shape index (κ1) is 9.33. The average molecular weight is 178 g/mol. The molecule has 4 nitrogen and oxygen atoms in total. The summed E-state index contributed by atoms with van der Waals surface area (Å²) in [5.74, 6) is 2.93. The highest BCUT2D eigenvalue weighted by Gasteiger charge is 1.98. The fraction of sp³-hybridized carbons (Fsp3) is 0.333. The average Bonchev–Trinajstić information content (AvgIpc) is 2.19. The van der Waals surface area contributed by atoms with Gasteiger partial charge in [-0.3, -0.25) is 0 Å². The van der Waals surface area contributed by atoms with E-state index in [9.17, 15) is 0 Å². The molecule has 13 heavy (non-hydrogen) atoms. The van der Waals surface area contributed by atoms with Crippen molar-refractivity contribution in [2.75, 3.05) is 13.7 Å². The molecule has 0 aliphatic rings. The zero-order valence-corrected chi connectivity index (χ0v) is 7.36. The standard InChI is InChI=1S/C9H10N2O2/c1-3-4-7-13-9-10-6-5-8(11-9)12-2/h1,5-6H,4,7H2,2H3. The summed E-state index contributed by atoms with van der Waals surface area (Å²) in [7, 11) is 1.54. The van der Waals surface area contributed by atoms with Crippen molar-refractivity contribution in [2.24, 2.45) is 0 Å². The van der Waals surface area contributed by atoms with E-state index < -0.39 is 0 Å². The normalized spacial score (nSPS) is 8.92. The molecule has 0 atom stereocenters. The Kier molecular flexibility index (Phi) is 3.58. The number of ether oxygens (including phenoxy) is 2. The van der Waals surface area contributed by atoms with Gasteiger partial charge in [0, 0.05) is 18.7 Å². The number of hydrogen-bond acceptors (Lipinski definition) is 4. The van der Waals surface area contributed by atoms with Crippen LogP contribution in [0.1, 0.15) is 6.42 Å². The molecule has 0 radical (unpaired) electrons. The van der Waals surface area contributed by atoms with Gasteiger partial charge >= 0.3 is 6.01 Å². The second-order valence-electron chi connectivity index (χ2n) is 2.18. The number of nitrogens with zero attached hydrogens (tertiary/aromatic N) is 2. The van der Waals surface area contributed by atoms with Crippen LogP contribution < -0.4 is 9.47 Å². The van der Waals surface area contributed by atoms with Crippen molar-refractivity contribution in [3.05, 3.63) is 12.3 Å². The second kappa shape index (κ2) is 4.99. The molecule has 0 aromatic carbocycles. The molecule has 0 aliphatic carbocycles. The lowest BCUT2D eigenvalue weighted by Gasteiger charge is -2.02. The molecule has 1 heterocycles. The lowest BCUT2D eigenvalue weighted by atomic mass is 10.5. The molecule has 1 aromatic rings. The van der Waals surface area contributed by atoms with Gasteiger partial charge in [0.15, 0.2) is 0 Å². The number of methoxy groups -OCH3 is 1. The Balaban J connectivity index is 2.52. The van der Waals surface area contributed by atoms with E-state index in [-0.39, 0.29) is 6.01 Å². The maximum atomic E-state index is 5.14. The maximum Gasteiger partial charge on any atom is 0.319 e. The highest BCUT2D eigenvalue weighted by Crippen LogP contribution is 2.08. The fourth-order valence-electron chi connectivity index (χ4n) is 0.710. The van der Waals surface area contributed by atoms with E-state index in [2.05, 4.69) is 15.9 Å². The maximum absolute atomic E-state index is 5.14. The van der Waals surface area contributed by atoms with Crippen molar-refractivity contribution in [2.45, 2.75) is 6.42 Å². The summed E-state index contributed by atoms with van der Waals surface area (Å²) in [6.45, 7) is 0.420. The first-order valence-corrected chi connectivity index (χ1v) is 3.80. The first-order valence-electron chi connectivity index (χ1n) is 3.80. The molecule has 0 N–H and O–H groups in total. The van der Waals surface area contributed by atoms with Gasteiger partial charge in [-0.05, 0) is 0 Å². The number of terminal acetylenes is 1. The van der Waals surface area contributed by atoms with Crippen molar-refractivity contribution in [1.82, 2.24) is 9.97 Å². The van der Waals surface area contributed by atoms with E-state index in [4.69, 9.17) is 15.9 Å². The number of rotatable bonds is 4. The van der Waals surface area contributed by atoms with Crippen molar-refractivity contribution in [3.63, 3.8) is 0 Å². The van der Waals surface area contributed by atoms with Gasteiger partial charge in [0.25, 0.3) is 0 Å². The molecular formula is C9H10N2O2. The van der Waals surface area contributed by atoms with Crippen LogP contribution in [0, 0.1) is 12.3 Å². The van der Waals surface area contributed by atoms with Gasteiger partial charge in [-0.25, -0.2) is 4.98 Å². The summed E-state index contributed by atoms with van der Waals surface area (Å²) in [4.78, 5) is 7.82. The lowest BCUT2D eigenvalue weighted by molar-refractivity contribution is 0.292. The number of hydrogen-bond donors (Lipinski definition) is 0. The van der Waals surface area contributed by atoms with Gasteiger partial charge in [0.1, 0.15) is 6.61 Å². The Morgan fingerprint density at radius 1 is 1.62 bits per heavy atom. The van der Waals surface area contributed by atoms with E-state index in [0.717, 1.165) is 0 Å². The summed E-state index contributed by atoms with van der Waals surface area (Å²) >= 11 is 0. The monoisotopic (exact) mass is 178 g/mol. The summed E-state index contributed by atoms with van der Waals surface area (Å²) in [5, 5.41) is 0. The molecule has 0 aliphatic heterocycles. The summed E-state index contributed by atoms with van der Waals surface area (Å²) in [6.07, 6.45) is 7.16. The zero-order chi connectivity index (χ0) is 9.52. The smallest absolute Gasteiger partial charge is 0.319 e. The Hall–Kier alpha value is -1.76. The van der Waals surface area contributed by atoms with E-state index in [0.29, 0.717) is 18.9 Å². The van der Waals surface area contributed by atoms with Gasteiger partial charge < -0.3 is 9.47 Å². The molecule has 0 spiro atoms. The molecule has 0 fully saturated rings. The molecule has 68 valence electrons. The van der Waals surface area contributed by atoms with Crippen molar-refractivity contribution in [1.29, 1.82) is 0 Å². The zero-order valence-electron chi connectivity index (χ0n) is 7.36. The third-order valence-corrected chi connectivity index (χ3v) is 1.29. The first-order chi connectivity index (χ1) is 6.36. The van der Waals surface area contributed by atoms with Crippen LogP contribution in [0.5, 0.6) is 11.9 Å². The highest BCUT2D eigenvalue weighted by molar-refractivity contribution is 5.10. The van der Waals surface area contributed by atoms with Crippen LogP contribution in [0.2, 0.25) is 0 Å². The van der Waals surface area contributed by atoms with Gasteiger partial charge in [-0.1, -0.05) is 0 Å². The van der Waals surface area contributed by atoms with Gasteiger partial charge in [0.2, 0.25) is 5.88 Å². The largest absolute Gasteiger partial charge is 0.481 e. The van der Waals surface area contributed by atoms with Crippen molar-refractivity contribution < 1.29 is 9.47 Å². The summed E-state index contributed by atoms with van der Waals surface area (Å²) in [6, 6.07) is 1.93. The minimum atomic E-state index is 0.287. The Labute approximate surface area is 76.9 Å². The van der Waals surface area contributed by atoms with Crippen LogP contribution in [0.25, 0.3) is 0 Å². The minimum Gasteiger partial charge on any atom is -0.481 e. The van der Waals surface area contributed by atoms with Gasteiger partial charge in [0.05, 0.1) is 7.11 Å². The molecule has 0 saturated heterocycles. The molecule has 0 amide bonds. The predicted octanol–water partition coefficient (Wildman–Crippen LogP) is 0.887. The SMILES string of the molecule is C#CCCOc1nccc(OC)n1. The summed E-state index contributed by atoms with van der Waals surface area (Å²) in [5.41, 5.74) is 0. The van der Waals surface area contributed by atoms with E-state index >= 15 is 0 Å². The van der Waals surface area contributed by atoms with Crippen molar-refractivity contribution >= 4 is 0 Å². The lowest BCUT2D eigenvalue weighted by Crippen LogP contribution is -2.00. The second-order valence-corrected chi connectivity index (χ2v) is 2.18. The van der Waals surface area contributed by atoms with Crippen molar-refractivity contribution in [3.8, 4) is 24.2 Å². The molecule has 1 aromatic heterocycles. The van der Waals surface area contributed by atoms with Crippen LogP contribution >= 0.6 is 0 Å². The highest BCUT2D eigenvalue weighted by atomic mass is 16.5. The van der Waals surface area contributed by atoms with Crippen LogP contribution in [0.3, 0.4) is 0 Å². The third kappa shape index (κ3) is 2.99. The van der Waals surface area contributed by atoms with Gasteiger partial charge in [-0.2, -0.15) is 4.98 Å². The Morgan fingerprint density at radius 3 is 3.15 bits per heavy atom. The number of aromatic nitrogens is 2. The van der Waals surface area contributed by atoms with E-state index in [1.807, 2.05) is 0 Å². The third-order valence-electron chi connectivity index (χ3n) is 1.29. The predicted molar refractivity (Wildman–Crippen MR) is 47.5 cm³/mol. The molecule has 4 heteroatoms. The minimum absolute atomic E-state index is 0.287. The molecule has 0 unspecified atom stereocenters. The topological polar surface area (TPSA) is 44.2 Å². The van der Waals surface area contributed by atoms with E-state index in [1.165, 1.54) is 7.11 Å². The fourth-order valence-corrected chi connectivity index (χ4v) is 0.710. The Morgan fingerprint density at radius 2 is 2.46 bits per heavy atom. The van der Waals surface area contributed by atoms with Crippen LogP contribution in [0.4, 0.5) is 0 Å². The van der Waals surface area contributed by atoms with Crippen LogP contribution in [0.15, 0.2) is 12.3 Å². The van der Waals surface area contributed by atoms with Crippen LogP contribution in [-0.2, 0) is 0 Å². The quantitative estimate of drug-likeness (QED) is 0.507. The van der Waals surface area contributed by atoms with Crippen LogP contribution in [-0.4, -0.2) is 23.7 Å². The van der Waals surface area contributed by atoms with Gasteiger partial charge in [-0.15, -0.1) is 12.3 Å². The molecule has 0 bridgehead atoms. The Bertz CT molecular complexity index is 307. The summed E-state index contributed by atoms with van der Waals surface area (Å²) < 4.78 is 10.0. The molecular weight excluding hydrogens is 168 g/mol. The molecule has 0 saturated carbocycles. The van der Waals surface area contributed by atoms with E-state index in [1.54, 1.807) is 12.3 Å².